The lowest BCUT2D eigenvalue weighted by Crippen LogP contribution is -2.13. The van der Waals surface area contributed by atoms with Gasteiger partial charge in [-0.3, -0.25) is 9.48 Å². The van der Waals surface area contributed by atoms with Crippen LogP contribution in [0.1, 0.15) is 28.4 Å². The number of nitrogens with two attached hydrogens (primary N) is 1. The first-order chi connectivity index (χ1) is 9.11. The highest BCUT2D eigenvalue weighted by Gasteiger charge is 2.08. The number of carbonyl (C=O) groups is 1. The van der Waals surface area contributed by atoms with Crippen molar-refractivity contribution in [2.24, 2.45) is 5.73 Å². The largest absolute Gasteiger partial charge is 0.381 e. The molecule has 100 valence electrons. The molecule has 0 bridgehead atoms. The van der Waals surface area contributed by atoms with E-state index in [2.05, 4.69) is 10.4 Å². The van der Waals surface area contributed by atoms with Gasteiger partial charge in [0.25, 0.3) is 0 Å². The van der Waals surface area contributed by atoms with Crippen LogP contribution in [0.2, 0.25) is 0 Å². The van der Waals surface area contributed by atoms with Crippen molar-refractivity contribution >= 4 is 11.6 Å². The molecule has 2 aromatic rings. The molecule has 1 aromatic carbocycles. The fourth-order valence-corrected chi connectivity index (χ4v) is 1.96. The zero-order valence-electron chi connectivity index (χ0n) is 11.2. The highest BCUT2D eigenvalue weighted by Crippen LogP contribution is 2.19. The van der Waals surface area contributed by atoms with Crippen LogP contribution < -0.4 is 11.1 Å². The summed E-state index contributed by atoms with van der Waals surface area (Å²) in [4.78, 5) is 11.3. The van der Waals surface area contributed by atoms with E-state index in [9.17, 15) is 4.79 Å². The summed E-state index contributed by atoms with van der Waals surface area (Å²) < 4.78 is 1.88. The Balaban J connectivity index is 2.11. The van der Waals surface area contributed by atoms with E-state index in [0.29, 0.717) is 12.1 Å². The van der Waals surface area contributed by atoms with E-state index in [4.69, 9.17) is 5.73 Å². The number of nitrogens with zero attached hydrogens (tertiary/aromatic N) is 2. The lowest BCUT2D eigenvalue weighted by atomic mass is 10.1. The van der Waals surface area contributed by atoms with Crippen molar-refractivity contribution in [1.29, 1.82) is 0 Å². The van der Waals surface area contributed by atoms with Gasteiger partial charge in [-0.15, -0.1) is 0 Å². The molecule has 0 fully saturated rings. The first-order valence-electron chi connectivity index (χ1n) is 6.26. The number of aromatic nitrogens is 2. The molecule has 0 aliphatic heterocycles. The van der Waals surface area contributed by atoms with E-state index in [1.54, 1.807) is 6.07 Å². The molecule has 0 spiro atoms. The van der Waals surface area contributed by atoms with E-state index in [1.165, 1.54) is 0 Å². The normalized spacial score (nSPS) is 10.4. The number of hydrogen-bond donors (Lipinski definition) is 2. The number of carbonyl (C=O) groups excluding carboxylic acids is 1. The number of anilines is 1. The molecule has 19 heavy (non-hydrogen) atoms. The van der Waals surface area contributed by atoms with Crippen molar-refractivity contribution in [3.05, 3.63) is 47.3 Å². The molecule has 5 heteroatoms. The molecule has 1 amide bonds. The molecule has 0 atom stereocenters. The lowest BCUT2D eigenvalue weighted by Gasteiger charge is -2.10. The van der Waals surface area contributed by atoms with Crippen LogP contribution in [0.4, 0.5) is 5.69 Å². The molecule has 5 nitrogen and oxygen atoms in total. The van der Waals surface area contributed by atoms with Crippen molar-refractivity contribution in [3.8, 4) is 0 Å². The minimum Gasteiger partial charge on any atom is -0.381 e. The number of hydrogen-bond acceptors (Lipinski definition) is 3. The second kappa shape index (κ2) is 5.56. The molecule has 0 aliphatic rings. The number of rotatable bonds is 5. The summed E-state index contributed by atoms with van der Waals surface area (Å²) in [6.07, 6.45) is 3.84. The standard InChI is InChI=1S/C14H18N4O/c1-3-18-9-11(8-17-18)7-16-13-6-4-5-12(10(13)2)14(15)19/h4-6,8-9,16H,3,7H2,1-2H3,(H2,15,19). The Labute approximate surface area is 112 Å². The minimum atomic E-state index is -0.403. The predicted molar refractivity (Wildman–Crippen MR) is 74.9 cm³/mol. The Morgan fingerprint density at radius 2 is 2.26 bits per heavy atom. The van der Waals surface area contributed by atoms with Gasteiger partial charge in [-0.1, -0.05) is 6.07 Å². The third-order valence-electron chi connectivity index (χ3n) is 3.09. The number of nitrogens with one attached hydrogen (secondary N) is 1. The Morgan fingerprint density at radius 3 is 2.89 bits per heavy atom. The van der Waals surface area contributed by atoms with Crippen LogP contribution in [-0.2, 0) is 13.1 Å². The van der Waals surface area contributed by atoms with Gasteiger partial charge in [0, 0.05) is 36.1 Å². The average Bonchev–Trinajstić information content (AvgIpc) is 2.85. The van der Waals surface area contributed by atoms with E-state index in [-0.39, 0.29) is 0 Å². The Kier molecular flexibility index (Phi) is 3.85. The molecule has 1 aromatic heterocycles. The monoisotopic (exact) mass is 258 g/mol. The molecular formula is C14H18N4O. The summed E-state index contributed by atoms with van der Waals surface area (Å²) in [5.74, 6) is -0.403. The SMILES string of the molecule is CCn1cc(CNc2cccc(C(N)=O)c2C)cn1. The third kappa shape index (κ3) is 2.93. The van der Waals surface area contributed by atoms with Crippen LogP contribution in [0.3, 0.4) is 0 Å². The number of benzene rings is 1. The third-order valence-corrected chi connectivity index (χ3v) is 3.09. The van der Waals surface area contributed by atoms with E-state index in [0.717, 1.165) is 23.4 Å². The van der Waals surface area contributed by atoms with Gasteiger partial charge in [0.2, 0.25) is 5.91 Å². The summed E-state index contributed by atoms with van der Waals surface area (Å²) in [5.41, 5.74) is 8.78. The summed E-state index contributed by atoms with van der Waals surface area (Å²) in [7, 11) is 0. The number of primary amides is 1. The Hall–Kier alpha value is -2.30. The lowest BCUT2D eigenvalue weighted by molar-refractivity contribution is 0.1000. The van der Waals surface area contributed by atoms with Crippen LogP contribution in [0, 0.1) is 6.92 Å². The molecular weight excluding hydrogens is 240 g/mol. The summed E-state index contributed by atoms with van der Waals surface area (Å²) in [5, 5.41) is 7.52. The van der Waals surface area contributed by atoms with E-state index < -0.39 is 5.91 Å². The first kappa shape index (κ1) is 13.1. The quantitative estimate of drug-likeness (QED) is 0.860. The van der Waals surface area contributed by atoms with Crippen LogP contribution in [0.15, 0.2) is 30.6 Å². The van der Waals surface area contributed by atoms with Crippen LogP contribution >= 0.6 is 0 Å². The van der Waals surface area contributed by atoms with Gasteiger partial charge in [0.15, 0.2) is 0 Å². The minimum absolute atomic E-state index is 0.403. The smallest absolute Gasteiger partial charge is 0.249 e. The van der Waals surface area contributed by atoms with Gasteiger partial charge in [-0.25, -0.2) is 0 Å². The second-order valence-corrected chi connectivity index (χ2v) is 4.40. The molecule has 0 unspecified atom stereocenters. The van der Waals surface area contributed by atoms with Gasteiger partial charge in [-0.05, 0) is 31.5 Å². The topological polar surface area (TPSA) is 72.9 Å². The second-order valence-electron chi connectivity index (χ2n) is 4.40. The number of aryl methyl sites for hydroxylation is 1. The predicted octanol–water partition coefficient (Wildman–Crippen LogP) is 1.92. The first-order valence-corrected chi connectivity index (χ1v) is 6.26. The fraction of sp³-hybridized carbons (Fsp3) is 0.286. The van der Waals surface area contributed by atoms with Crippen molar-refractivity contribution in [1.82, 2.24) is 9.78 Å². The molecule has 0 radical (unpaired) electrons. The van der Waals surface area contributed by atoms with Crippen LogP contribution in [-0.4, -0.2) is 15.7 Å². The van der Waals surface area contributed by atoms with Crippen molar-refractivity contribution < 1.29 is 4.79 Å². The molecule has 2 rings (SSSR count). The fourth-order valence-electron chi connectivity index (χ4n) is 1.96. The average molecular weight is 258 g/mol. The summed E-state index contributed by atoms with van der Waals surface area (Å²) >= 11 is 0. The maximum Gasteiger partial charge on any atom is 0.249 e. The Morgan fingerprint density at radius 1 is 1.47 bits per heavy atom. The summed E-state index contributed by atoms with van der Waals surface area (Å²) in [6.45, 7) is 5.46. The van der Waals surface area contributed by atoms with E-state index >= 15 is 0 Å². The van der Waals surface area contributed by atoms with Gasteiger partial charge in [-0.2, -0.15) is 5.10 Å². The van der Waals surface area contributed by atoms with Gasteiger partial charge < -0.3 is 11.1 Å². The van der Waals surface area contributed by atoms with Crippen LogP contribution in [0.25, 0.3) is 0 Å². The van der Waals surface area contributed by atoms with E-state index in [1.807, 2.05) is 43.1 Å². The summed E-state index contributed by atoms with van der Waals surface area (Å²) in [6, 6.07) is 5.49. The van der Waals surface area contributed by atoms with Gasteiger partial charge >= 0.3 is 0 Å². The zero-order valence-corrected chi connectivity index (χ0v) is 11.2. The van der Waals surface area contributed by atoms with Gasteiger partial charge in [0.1, 0.15) is 0 Å². The van der Waals surface area contributed by atoms with Crippen LogP contribution in [0.5, 0.6) is 0 Å². The van der Waals surface area contributed by atoms with Crippen molar-refractivity contribution in [2.75, 3.05) is 5.32 Å². The highest BCUT2D eigenvalue weighted by molar-refractivity contribution is 5.95. The maximum atomic E-state index is 11.3. The number of amides is 1. The van der Waals surface area contributed by atoms with Crippen molar-refractivity contribution in [3.63, 3.8) is 0 Å². The molecule has 1 heterocycles. The molecule has 3 N–H and O–H groups in total. The Bertz CT molecular complexity index is 589. The molecule has 0 aliphatic carbocycles. The maximum absolute atomic E-state index is 11.3. The zero-order chi connectivity index (χ0) is 13.8. The van der Waals surface area contributed by atoms with Crippen molar-refractivity contribution in [2.45, 2.75) is 26.9 Å². The van der Waals surface area contributed by atoms with Gasteiger partial charge in [0.05, 0.1) is 6.20 Å². The molecule has 0 saturated heterocycles. The highest BCUT2D eigenvalue weighted by atomic mass is 16.1. The molecule has 0 saturated carbocycles.